The first-order valence-electron chi connectivity index (χ1n) is 22.7. The fourth-order valence-electron chi connectivity index (χ4n) is 9.95. The Morgan fingerprint density at radius 1 is 0.269 bits per heavy atom. The molecule has 0 atom stereocenters. The molecule has 10 aromatic carbocycles. The van der Waals surface area contributed by atoms with E-state index in [0.717, 1.165) is 77.9 Å². The molecule has 0 spiro atoms. The number of nitrogens with zero attached hydrogens (tertiary/aromatic N) is 3. The zero-order chi connectivity index (χ0) is 44.3. The van der Waals surface area contributed by atoms with Crippen molar-refractivity contribution in [1.29, 1.82) is 0 Å². The topological polar surface area (TPSA) is 38.7 Å². The molecule has 0 N–H and O–H groups in total. The van der Waals surface area contributed by atoms with E-state index in [1.807, 2.05) is 41.7 Å². The number of pyridine rings is 1. The highest BCUT2D eigenvalue weighted by atomic mass is 32.1. The van der Waals surface area contributed by atoms with Crippen LogP contribution in [0.25, 0.3) is 131 Å². The molecule has 0 aliphatic carbocycles. The van der Waals surface area contributed by atoms with Crippen LogP contribution in [0.4, 0.5) is 0 Å². The van der Waals surface area contributed by atoms with Crippen LogP contribution in [0.15, 0.2) is 237 Å². The summed E-state index contributed by atoms with van der Waals surface area (Å²) >= 11 is 1.86. The quantitative estimate of drug-likeness (QED) is 0.150. The molecule has 0 aliphatic rings. The summed E-state index contributed by atoms with van der Waals surface area (Å²) in [5.74, 6) is 0.691. The lowest BCUT2D eigenvalue weighted by atomic mass is 9.91. The monoisotopic (exact) mass is 869 g/mol. The maximum atomic E-state index is 5.66. The Labute approximate surface area is 392 Å². The van der Waals surface area contributed by atoms with Crippen LogP contribution in [0, 0.1) is 0 Å². The van der Waals surface area contributed by atoms with Crippen LogP contribution >= 0.6 is 11.3 Å². The van der Waals surface area contributed by atoms with Gasteiger partial charge in [-0.2, -0.15) is 0 Å². The van der Waals surface area contributed by atoms with Gasteiger partial charge in [-0.25, -0.2) is 15.0 Å². The molecule has 13 rings (SSSR count). The van der Waals surface area contributed by atoms with Crippen LogP contribution in [0.5, 0.6) is 0 Å². The van der Waals surface area contributed by atoms with Crippen molar-refractivity contribution >= 4 is 64.0 Å². The minimum Gasteiger partial charge on any atom is -0.246 e. The Kier molecular flexibility index (Phi) is 9.36. The Morgan fingerprint density at radius 2 is 0.776 bits per heavy atom. The van der Waals surface area contributed by atoms with Gasteiger partial charge >= 0.3 is 0 Å². The fourth-order valence-corrected chi connectivity index (χ4v) is 11.1. The predicted molar refractivity (Wildman–Crippen MR) is 283 cm³/mol. The van der Waals surface area contributed by atoms with Crippen molar-refractivity contribution in [3.05, 3.63) is 237 Å². The molecule has 3 heterocycles. The van der Waals surface area contributed by atoms with Gasteiger partial charge in [0, 0.05) is 69.7 Å². The zero-order valence-electron chi connectivity index (χ0n) is 36.3. The van der Waals surface area contributed by atoms with Gasteiger partial charge in [-0.05, 0) is 45.2 Å². The molecular formula is C63H39N3S. The Balaban J connectivity index is 0.985. The Bertz CT molecular complexity index is 3930. The van der Waals surface area contributed by atoms with Crippen LogP contribution in [0.2, 0.25) is 0 Å². The highest BCUT2D eigenvalue weighted by Gasteiger charge is 2.22. The molecular weight excluding hydrogens is 831 g/mol. The molecule has 0 saturated carbocycles. The molecule has 0 fully saturated rings. The van der Waals surface area contributed by atoms with Crippen LogP contribution in [-0.2, 0) is 0 Å². The Hall–Kier alpha value is -8.57. The van der Waals surface area contributed by atoms with Gasteiger partial charge in [0.1, 0.15) is 0 Å². The molecule has 0 aliphatic heterocycles. The first-order chi connectivity index (χ1) is 33.2. The summed E-state index contributed by atoms with van der Waals surface area (Å²) in [6.45, 7) is 0. The van der Waals surface area contributed by atoms with Crippen molar-refractivity contribution in [1.82, 2.24) is 15.0 Å². The van der Waals surface area contributed by atoms with Crippen molar-refractivity contribution in [2.24, 2.45) is 0 Å². The summed E-state index contributed by atoms with van der Waals surface area (Å²) in [5.41, 5.74) is 14.5. The largest absolute Gasteiger partial charge is 0.246 e. The number of fused-ring (bicyclic) bond motifs is 8. The number of hydrogen-bond acceptors (Lipinski definition) is 4. The lowest BCUT2D eigenvalue weighted by Crippen LogP contribution is -2.01. The van der Waals surface area contributed by atoms with E-state index < -0.39 is 0 Å². The van der Waals surface area contributed by atoms with E-state index >= 15 is 0 Å². The van der Waals surface area contributed by atoms with E-state index in [1.165, 1.54) is 47.5 Å². The first kappa shape index (κ1) is 38.9. The van der Waals surface area contributed by atoms with Gasteiger partial charge in [-0.1, -0.05) is 224 Å². The number of aromatic nitrogens is 3. The summed E-state index contributed by atoms with van der Waals surface area (Å²) < 4.78 is 2.62. The first-order valence-corrected chi connectivity index (χ1v) is 23.5. The van der Waals surface area contributed by atoms with Gasteiger partial charge in [-0.3, -0.25) is 0 Å². The van der Waals surface area contributed by atoms with E-state index in [9.17, 15) is 0 Å². The van der Waals surface area contributed by atoms with E-state index in [0.29, 0.717) is 5.82 Å². The SMILES string of the molecule is c1ccc(-c2nc(-c3ccccc3)c(-c3ccc(-c4nc5c(-c6ccc(-c7cccc8sc9ccccc9c78)cc6)cccc5c5c4ccc4ccccc45)cc3)c(-c3ccccc3)n2)cc1. The van der Waals surface area contributed by atoms with Crippen molar-refractivity contribution in [2.45, 2.75) is 0 Å². The van der Waals surface area contributed by atoms with Crippen molar-refractivity contribution in [3.63, 3.8) is 0 Å². The van der Waals surface area contributed by atoms with Gasteiger partial charge in [-0.15, -0.1) is 11.3 Å². The molecule has 3 aromatic heterocycles. The van der Waals surface area contributed by atoms with Gasteiger partial charge < -0.3 is 0 Å². The van der Waals surface area contributed by atoms with Crippen LogP contribution in [-0.4, -0.2) is 15.0 Å². The molecule has 13 aromatic rings. The highest BCUT2D eigenvalue weighted by molar-refractivity contribution is 7.25. The minimum absolute atomic E-state index is 0.691. The molecule has 0 unspecified atom stereocenters. The second kappa shape index (κ2) is 16.1. The van der Waals surface area contributed by atoms with Crippen LogP contribution in [0.1, 0.15) is 0 Å². The zero-order valence-corrected chi connectivity index (χ0v) is 37.1. The summed E-state index contributed by atoms with van der Waals surface area (Å²) in [4.78, 5) is 16.3. The number of hydrogen-bond donors (Lipinski definition) is 0. The van der Waals surface area contributed by atoms with E-state index in [2.05, 4.69) is 206 Å². The fraction of sp³-hybridized carbons (Fsp3) is 0. The highest BCUT2D eigenvalue weighted by Crippen LogP contribution is 2.44. The van der Waals surface area contributed by atoms with Gasteiger partial charge in [0.25, 0.3) is 0 Å². The number of thiophene rings is 1. The average Bonchev–Trinajstić information content (AvgIpc) is 3.80. The summed E-state index contributed by atoms with van der Waals surface area (Å²) in [6, 6.07) is 84.4. The summed E-state index contributed by atoms with van der Waals surface area (Å²) in [5, 5.41) is 8.51. The maximum Gasteiger partial charge on any atom is 0.160 e. The normalized spacial score (nSPS) is 11.6. The third kappa shape index (κ3) is 6.69. The smallest absolute Gasteiger partial charge is 0.160 e. The summed E-state index contributed by atoms with van der Waals surface area (Å²) in [7, 11) is 0. The molecule has 0 saturated heterocycles. The second-order valence-corrected chi connectivity index (χ2v) is 18.1. The number of para-hydroxylation sites is 1. The lowest BCUT2D eigenvalue weighted by molar-refractivity contribution is 1.18. The molecule has 4 heteroatoms. The Morgan fingerprint density at radius 3 is 1.48 bits per heavy atom. The molecule has 3 nitrogen and oxygen atoms in total. The average molecular weight is 870 g/mol. The summed E-state index contributed by atoms with van der Waals surface area (Å²) in [6.07, 6.45) is 0. The molecule has 312 valence electrons. The third-order valence-electron chi connectivity index (χ3n) is 13.1. The maximum absolute atomic E-state index is 5.66. The lowest BCUT2D eigenvalue weighted by Gasteiger charge is -2.18. The third-order valence-corrected chi connectivity index (χ3v) is 14.2. The van der Waals surface area contributed by atoms with Crippen LogP contribution < -0.4 is 0 Å². The van der Waals surface area contributed by atoms with Gasteiger partial charge in [0.05, 0.1) is 22.6 Å². The molecule has 0 amide bonds. The van der Waals surface area contributed by atoms with Crippen molar-refractivity contribution < 1.29 is 0 Å². The number of rotatable bonds is 7. The van der Waals surface area contributed by atoms with Crippen molar-refractivity contribution in [3.8, 4) is 78.5 Å². The van der Waals surface area contributed by atoms with Crippen LogP contribution in [0.3, 0.4) is 0 Å². The van der Waals surface area contributed by atoms with E-state index in [-0.39, 0.29) is 0 Å². The molecule has 0 bridgehead atoms. The van der Waals surface area contributed by atoms with E-state index in [4.69, 9.17) is 15.0 Å². The second-order valence-electron chi connectivity index (χ2n) is 17.0. The van der Waals surface area contributed by atoms with E-state index in [1.54, 1.807) is 0 Å². The van der Waals surface area contributed by atoms with Crippen molar-refractivity contribution in [2.75, 3.05) is 0 Å². The number of benzene rings is 10. The molecule has 67 heavy (non-hydrogen) atoms. The standard InChI is InChI=1S/C63H39N3S/c1-4-17-44(18-5-1)60-56(61(45-19-6-2-7-20-45)66-63(65-60)47-21-8-3-9-22-47)43-34-36-46(37-35-43)59-53-39-38-40-16-10-11-23-48(40)57(53)52-27-14-26-50(62(52)64-59)42-32-30-41(31-33-42)49-25-15-29-55-58(49)51-24-12-13-28-54(51)67-55/h1-39H. The minimum atomic E-state index is 0.691. The van der Waals surface area contributed by atoms with Gasteiger partial charge in [0.2, 0.25) is 0 Å². The molecule has 0 radical (unpaired) electrons. The van der Waals surface area contributed by atoms with Gasteiger partial charge in [0.15, 0.2) is 5.82 Å². The predicted octanol–water partition coefficient (Wildman–Crippen LogP) is 17.4.